The van der Waals surface area contributed by atoms with E-state index in [4.69, 9.17) is 0 Å². The number of benzene rings is 1. The molecule has 0 saturated heterocycles. The lowest BCUT2D eigenvalue weighted by Crippen LogP contribution is -2.00. The lowest BCUT2D eigenvalue weighted by molar-refractivity contribution is 0.841. The Hall–Kier alpha value is -1.66. The summed E-state index contributed by atoms with van der Waals surface area (Å²) in [6.45, 7) is 1.94. The van der Waals surface area contributed by atoms with E-state index in [1.54, 1.807) is 18.0 Å². The smallest absolute Gasteiger partial charge is 0.160 e. The molecule has 0 fully saturated rings. The normalized spacial score (nSPS) is 10.8. The van der Waals surface area contributed by atoms with Gasteiger partial charge in [0.1, 0.15) is 10.9 Å². The second-order valence-corrected chi connectivity index (χ2v) is 6.40. The summed E-state index contributed by atoms with van der Waals surface area (Å²) in [5.74, 6) is 2.57. The molecule has 0 saturated carbocycles. The zero-order valence-electron chi connectivity index (χ0n) is 11.4. The molecule has 2 aromatic heterocycles. The summed E-state index contributed by atoms with van der Waals surface area (Å²) < 4.78 is 3.01. The van der Waals surface area contributed by atoms with Crippen molar-refractivity contribution in [3.05, 3.63) is 64.7 Å². The summed E-state index contributed by atoms with van der Waals surface area (Å²) >= 11 is 5.11. The van der Waals surface area contributed by atoms with E-state index in [0.29, 0.717) is 0 Å². The van der Waals surface area contributed by atoms with Crippen molar-refractivity contribution < 1.29 is 0 Å². The molecule has 21 heavy (non-hydrogen) atoms. The lowest BCUT2D eigenvalue weighted by atomic mass is 10.2. The molecule has 4 nitrogen and oxygen atoms in total. The van der Waals surface area contributed by atoms with Gasteiger partial charge in [-0.15, -0.1) is 10.2 Å². The van der Waals surface area contributed by atoms with Crippen molar-refractivity contribution in [2.75, 3.05) is 0 Å². The highest BCUT2D eigenvalue weighted by molar-refractivity contribution is 9.10. The van der Waals surface area contributed by atoms with Crippen molar-refractivity contribution >= 4 is 27.7 Å². The number of thioether (sulfide) groups is 1. The number of imidazole rings is 1. The Bertz CT molecular complexity index is 722. The third-order valence-corrected chi connectivity index (χ3v) is 4.52. The molecule has 1 aromatic carbocycles. The van der Waals surface area contributed by atoms with Gasteiger partial charge in [-0.25, -0.2) is 4.98 Å². The molecule has 0 atom stereocenters. The molecular formula is C15H13BrN4S. The zero-order chi connectivity index (χ0) is 14.7. The number of halogens is 1. The number of aromatic nitrogens is 4. The van der Waals surface area contributed by atoms with Crippen molar-refractivity contribution in [1.82, 2.24) is 19.7 Å². The average Bonchev–Trinajstić information content (AvgIpc) is 2.93. The van der Waals surface area contributed by atoms with Crippen LogP contribution < -0.4 is 0 Å². The Morgan fingerprint density at radius 1 is 1.10 bits per heavy atom. The van der Waals surface area contributed by atoms with E-state index < -0.39 is 0 Å². The molecule has 0 bridgehead atoms. The van der Waals surface area contributed by atoms with Crippen LogP contribution in [0.4, 0.5) is 0 Å². The van der Waals surface area contributed by atoms with Crippen molar-refractivity contribution in [2.24, 2.45) is 0 Å². The van der Waals surface area contributed by atoms with E-state index in [9.17, 15) is 0 Å². The first kappa shape index (κ1) is 14.3. The number of nitrogens with zero attached hydrogens (tertiary/aromatic N) is 4. The zero-order valence-corrected chi connectivity index (χ0v) is 13.8. The molecule has 0 radical (unpaired) electrons. The van der Waals surface area contributed by atoms with Gasteiger partial charge < -0.3 is 0 Å². The van der Waals surface area contributed by atoms with Gasteiger partial charge in [-0.1, -0.05) is 39.8 Å². The maximum atomic E-state index is 4.26. The minimum Gasteiger partial charge on any atom is -0.287 e. The van der Waals surface area contributed by atoms with E-state index in [0.717, 1.165) is 26.9 Å². The summed E-state index contributed by atoms with van der Waals surface area (Å²) in [6.07, 6.45) is 3.64. The minimum absolute atomic E-state index is 0.790. The van der Waals surface area contributed by atoms with E-state index in [1.165, 1.54) is 5.56 Å². The molecule has 3 aromatic rings. The highest BCUT2D eigenvalue weighted by Crippen LogP contribution is 2.22. The van der Waals surface area contributed by atoms with Gasteiger partial charge in [-0.2, -0.15) is 0 Å². The highest BCUT2D eigenvalue weighted by atomic mass is 79.9. The van der Waals surface area contributed by atoms with Crippen LogP contribution in [0.15, 0.2) is 58.3 Å². The number of hydrogen-bond acceptors (Lipinski definition) is 4. The Balaban J connectivity index is 1.67. The first-order chi connectivity index (χ1) is 10.2. The Kier molecular flexibility index (Phi) is 4.36. The van der Waals surface area contributed by atoms with Crippen LogP contribution in [0.3, 0.4) is 0 Å². The van der Waals surface area contributed by atoms with Crippen LogP contribution >= 0.6 is 27.7 Å². The molecule has 0 amide bonds. The van der Waals surface area contributed by atoms with E-state index in [2.05, 4.69) is 43.2 Å². The van der Waals surface area contributed by atoms with Crippen LogP contribution in [0.5, 0.6) is 0 Å². The third kappa shape index (κ3) is 3.51. The summed E-state index contributed by atoms with van der Waals surface area (Å²) in [6, 6.07) is 12.3. The van der Waals surface area contributed by atoms with Crippen LogP contribution in [0.1, 0.15) is 11.4 Å². The van der Waals surface area contributed by atoms with Gasteiger partial charge >= 0.3 is 0 Å². The molecule has 0 N–H and O–H groups in total. The fourth-order valence-corrected chi connectivity index (χ4v) is 2.91. The topological polar surface area (TPSA) is 43.6 Å². The molecular weight excluding hydrogens is 348 g/mol. The van der Waals surface area contributed by atoms with Gasteiger partial charge in [0.25, 0.3) is 0 Å². The largest absolute Gasteiger partial charge is 0.287 e. The first-order valence-corrected chi connectivity index (χ1v) is 8.21. The quantitative estimate of drug-likeness (QED) is 0.659. The number of rotatable bonds is 4. The lowest BCUT2D eigenvalue weighted by Gasteiger charge is -2.04. The third-order valence-electron chi connectivity index (χ3n) is 3.00. The maximum absolute atomic E-state index is 4.26. The van der Waals surface area contributed by atoms with E-state index in [-0.39, 0.29) is 0 Å². The molecule has 2 heterocycles. The molecule has 0 aliphatic carbocycles. The second-order valence-electron chi connectivity index (χ2n) is 4.49. The molecule has 106 valence electrons. The highest BCUT2D eigenvalue weighted by Gasteiger charge is 2.04. The standard InChI is InChI=1S/C15H13BrN4S/c1-11-17-8-9-20(11)14-6-7-15(19-18-14)21-10-12-2-4-13(16)5-3-12/h2-9H,10H2,1H3. The van der Waals surface area contributed by atoms with Gasteiger partial charge in [0.15, 0.2) is 5.82 Å². The maximum Gasteiger partial charge on any atom is 0.160 e. The molecule has 0 unspecified atom stereocenters. The first-order valence-electron chi connectivity index (χ1n) is 6.44. The van der Waals surface area contributed by atoms with Crippen LogP contribution in [0, 0.1) is 6.92 Å². The monoisotopic (exact) mass is 360 g/mol. The minimum atomic E-state index is 0.790. The summed E-state index contributed by atoms with van der Waals surface area (Å²) in [5.41, 5.74) is 1.26. The number of hydrogen-bond donors (Lipinski definition) is 0. The fraction of sp³-hybridized carbons (Fsp3) is 0.133. The predicted molar refractivity (Wildman–Crippen MR) is 87.6 cm³/mol. The van der Waals surface area contributed by atoms with Crippen molar-refractivity contribution in [1.29, 1.82) is 0 Å². The SMILES string of the molecule is Cc1nccn1-c1ccc(SCc2ccc(Br)cc2)nn1. The van der Waals surface area contributed by atoms with Crippen LogP contribution in [-0.2, 0) is 5.75 Å². The molecule has 0 spiro atoms. The van der Waals surface area contributed by atoms with Gasteiger partial charge in [0.2, 0.25) is 0 Å². The van der Waals surface area contributed by atoms with Crippen LogP contribution in [0.25, 0.3) is 5.82 Å². The summed E-state index contributed by atoms with van der Waals surface area (Å²) in [4.78, 5) is 4.18. The van der Waals surface area contributed by atoms with Crippen molar-refractivity contribution in [2.45, 2.75) is 17.7 Å². The number of aryl methyl sites for hydroxylation is 1. The Morgan fingerprint density at radius 2 is 1.90 bits per heavy atom. The van der Waals surface area contributed by atoms with Gasteiger partial charge in [0, 0.05) is 22.6 Å². The molecule has 0 aliphatic heterocycles. The van der Waals surface area contributed by atoms with Crippen LogP contribution in [-0.4, -0.2) is 19.7 Å². The van der Waals surface area contributed by atoms with E-state index in [1.807, 2.05) is 42.0 Å². The van der Waals surface area contributed by atoms with Crippen molar-refractivity contribution in [3.63, 3.8) is 0 Å². The second kappa shape index (κ2) is 6.41. The fourth-order valence-electron chi connectivity index (χ4n) is 1.88. The Labute approximate surface area is 135 Å². The van der Waals surface area contributed by atoms with Crippen molar-refractivity contribution in [3.8, 4) is 5.82 Å². The van der Waals surface area contributed by atoms with Gasteiger partial charge in [-0.3, -0.25) is 4.57 Å². The average molecular weight is 361 g/mol. The molecule has 0 aliphatic rings. The van der Waals surface area contributed by atoms with Crippen LogP contribution in [0.2, 0.25) is 0 Å². The Morgan fingerprint density at radius 3 is 2.52 bits per heavy atom. The molecule has 3 rings (SSSR count). The predicted octanol–water partition coefficient (Wildman–Crippen LogP) is 4.03. The van der Waals surface area contributed by atoms with Gasteiger partial charge in [-0.05, 0) is 36.8 Å². The summed E-state index contributed by atoms with van der Waals surface area (Å²) in [5, 5.41) is 9.43. The summed E-state index contributed by atoms with van der Waals surface area (Å²) in [7, 11) is 0. The van der Waals surface area contributed by atoms with E-state index >= 15 is 0 Å². The molecule has 6 heteroatoms. The van der Waals surface area contributed by atoms with Gasteiger partial charge in [0.05, 0.1) is 0 Å².